The molecule has 0 bridgehead atoms. The van der Waals surface area contributed by atoms with Crippen LogP contribution in [0.25, 0.3) is 0 Å². The monoisotopic (exact) mass is 224 g/mol. The molecule has 0 aliphatic heterocycles. The Bertz CT molecular complexity index is 301. The van der Waals surface area contributed by atoms with Crippen LogP contribution in [-0.2, 0) is 12.6 Å². The Hall–Kier alpha value is -1.13. The zero-order chi connectivity index (χ0) is 11.5. The molecule has 0 heterocycles. The average molecular weight is 224 g/mol. The predicted octanol–water partition coefficient (Wildman–Crippen LogP) is 3.56. The standard InChI is InChI=1S/C10H9F5/c11-6-9(12)5-7-1-3-8(4-2-7)10(13,14)15/h1-4,9H,5-6H2/t9-/m1/s1. The molecule has 0 spiro atoms. The van der Waals surface area contributed by atoms with Gasteiger partial charge < -0.3 is 0 Å². The maximum absolute atomic E-state index is 12.6. The number of hydrogen-bond acceptors (Lipinski definition) is 0. The molecule has 0 saturated carbocycles. The van der Waals surface area contributed by atoms with Crippen LogP contribution in [0.3, 0.4) is 0 Å². The molecule has 0 fully saturated rings. The highest BCUT2D eigenvalue weighted by molar-refractivity contribution is 5.25. The van der Waals surface area contributed by atoms with Crippen molar-refractivity contribution in [2.75, 3.05) is 6.67 Å². The maximum atomic E-state index is 12.6. The zero-order valence-corrected chi connectivity index (χ0v) is 7.69. The Morgan fingerprint density at radius 1 is 1.07 bits per heavy atom. The van der Waals surface area contributed by atoms with Gasteiger partial charge in [-0.3, -0.25) is 0 Å². The lowest BCUT2D eigenvalue weighted by Gasteiger charge is -2.08. The van der Waals surface area contributed by atoms with E-state index in [2.05, 4.69) is 0 Å². The molecule has 0 radical (unpaired) electrons. The van der Waals surface area contributed by atoms with E-state index in [1.807, 2.05) is 0 Å². The molecular formula is C10H9F5. The number of halogens is 5. The summed E-state index contributed by atoms with van der Waals surface area (Å²) in [6.45, 7) is -1.12. The van der Waals surface area contributed by atoms with E-state index in [0.717, 1.165) is 24.3 Å². The largest absolute Gasteiger partial charge is 0.416 e. The summed E-state index contributed by atoms with van der Waals surface area (Å²) in [5.74, 6) is 0. The Kier molecular flexibility index (Phi) is 3.66. The first-order valence-corrected chi connectivity index (χ1v) is 4.29. The summed E-state index contributed by atoms with van der Waals surface area (Å²) in [5.41, 5.74) is -0.435. The van der Waals surface area contributed by atoms with Crippen LogP contribution >= 0.6 is 0 Å². The quantitative estimate of drug-likeness (QED) is 0.688. The zero-order valence-electron chi connectivity index (χ0n) is 7.69. The summed E-state index contributed by atoms with van der Waals surface area (Å²) in [6.07, 6.45) is -6.25. The molecule has 15 heavy (non-hydrogen) atoms. The van der Waals surface area contributed by atoms with Crippen LogP contribution in [0.2, 0.25) is 0 Å². The van der Waals surface area contributed by atoms with Crippen LogP contribution in [0.1, 0.15) is 11.1 Å². The van der Waals surface area contributed by atoms with Gasteiger partial charge in [-0.1, -0.05) is 12.1 Å². The number of hydrogen-bond donors (Lipinski definition) is 0. The third-order valence-electron chi connectivity index (χ3n) is 1.91. The molecule has 0 aromatic heterocycles. The lowest BCUT2D eigenvalue weighted by atomic mass is 10.1. The maximum Gasteiger partial charge on any atom is 0.416 e. The molecule has 84 valence electrons. The van der Waals surface area contributed by atoms with E-state index >= 15 is 0 Å². The second kappa shape index (κ2) is 4.59. The molecule has 0 saturated heterocycles. The Morgan fingerprint density at radius 2 is 1.60 bits per heavy atom. The summed E-state index contributed by atoms with van der Waals surface area (Å²) < 4.78 is 60.7. The topological polar surface area (TPSA) is 0 Å². The van der Waals surface area contributed by atoms with E-state index in [9.17, 15) is 22.0 Å². The first-order chi connectivity index (χ1) is 6.93. The minimum atomic E-state index is -4.40. The fraction of sp³-hybridized carbons (Fsp3) is 0.400. The van der Waals surface area contributed by atoms with Crippen molar-refractivity contribution in [3.8, 4) is 0 Å². The van der Waals surface area contributed by atoms with Crippen molar-refractivity contribution in [3.05, 3.63) is 35.4 Å². The molecule has 0 nitrogen and oxygen atoms in total. The van der Waals surface area contributed by atoms with Gasteiger partial charge in [0.2, 0.25) is 0 Å². The summed E-state index contributed by atoms with van der Waals surface area (Å²) in [4.78, 5) is 0. The second-order valence-corrected chi connectivity index (χ2v) is 3.15. The van der Waals surface area contributed by atoms with Gasteiger partial charge in [0.15, 0.2) is 0 Å². The van der Waals surface area contributed by atoms with Crippen molar-refractivity contribution in [1.82, 2.24) is 0 Å². The molecule has 1 aromatic rings. The van der Waals surface area contributed by atoms with E-state index in [1.54, 1.807) is 0 Å². The summed E-state index contributed by atoms with van der Waals surface area (Å²) in [5, 5.41) is 0. The van der Waals surface area contributed by atoms with E-state index in [0.29, 0.717) is 5.56 Å². The number of alkyl halides is 5. The van der Waals surface area contributed by atoms with Gasteiger partial charge >= 0.3 is 6.18 Å². The van der Waals surface area contributed by atoms with Crippen molar-refractivity contribution in [1.29, 1.82) is 0 Å². The highest BCUT2D eigenvalue weighted by Crippen LogP contribution is 2.29. The molecule has 0 unspecified atom stereocenters. The van der Waals surface area contributed by atoms with Gasteiger partial charge in [-0.15, -0.1) is 0 Å². The summed E-state index contributed by atoms with van der Waals surface area (Å²) >= 11 is 0. The molecule has 0 aliphatic carbocycles. The molecule has 1 rings (SSSR count). The highest BCUT2D eigenvalue weighted by atomic mass is 19.4. The summed E-state index contributed by atoms with van der Waals surface area (Å²) in [6, 6.07) is 4.04. The Balaban J connectivity index is 2.73. The summed E-state index contributed by atoms with van der Waals surface area (Å²) in [7, 11) is 0. The first-order valence-electron chi connectivity index (χ1n) is 4.29. The molecular weight excluding hydrogens is 215 g/mol. The molecule has 0 amide bonds. The van der Waals surface area contributed by atoms with Gasteiger partial charge in [0, 0.05) is 6.42 Å². The van der Waals surface area contributed by atoms with Crippen LogP contribution < -0.4 is 0 Å². The minimum absolute atomic E-state index is 0.200. The minimum Gasteiger partial charge on any atom is -0.248 e. The highest BCUT2D eigenvalue weighted by Gasteiger charge is 2.29. The first kappa shape index (κ1) is 11.9. The molecule has 5 heteroatoms. The Labute approximate surface area is 83.7 Å². The van der Waals surface area contributed by atoms with Crippen molar-refractivity contribution in [2.45, 2.75) is 18.8 Å². The number of benzene rings is 1. The Morgan fingerprint density at radius 3 is 2.00 bits per heavy atom. The van der Waals surface area contributed by atoms with Crippen LogP contribution in [0.5, 0.6) is 0 Å². The van der Waals surface area contributed by atoms with E-state index in [-0.39, 0.29) is 6.42 Å². The van der Waals surface area contributed by atoms with Crippen molar-refractivity contribution < 1.29 is 22.0 Å². The second-order valence-electron chi connectivity index (χ2n) is 3.15. The van der Waals surface area contributed by atoms with Gasteiger partial charge in [0.1, 0.15) is 12.8 Å². The smallest absolute Gasteiger partial charge is 0.248 e. The third-order valence-corrected chi connectivity index (χ3v) is 1.91. The predicted molar refractivity (Wildman–Crippen MR) is 46.0 cm³/mol. The van der Waals surface area contributed by atoms with E-state index < -0.39 is 24.6 Å². The third kappa shape index (κ3) is 3.49. The van der Waals surface area contributed by atoms with Gasteiger partial charge in [-0.2, -0.15) is 13.2 Å². The van der Waals surface area contributed by atoms with Gasteiger partial charge in [0.05, 0.1) is 5.56 Å². The fourth-order valence-corrected chi connectivity index (χ4v) is 1.14. The van der Waals surface area contributed by atoms with Crippen molar-refractivity contribution >= 4 is 0 Å². The molecule has 1 aromatic carbocycles. The average Bonchev–Trinajstić information content (AvgIpc) is 2.17. The van der Waals surface area contributed by atoms with E-state index in [4.69, 9.17) is 0 Å². The van der Waals surface area contributed by atoms with Crippen LogP contribution in [0.4, 0.5) is 22.0 Å². The van der Waals surface area contributed by atoms with Crippen LogP contribution in [-0.4, -0.2) is 12.8 Å². The SMILES string of the molecule is FC[C@H](F)Cc1ccc(C(F)(F)F)cc1. The molecule has 1 atom stereocenters. The molecule has 0 N–H and O–H groups in total. The molecule has 0 aliphatic rings. The van der Waals surface area contributed by atoms with Crippen molar-refractivity contribution in [3.63, 3.8) is 0 Å². The van der Waals surface area contributed by atoms with Gasteiger partial charge in [-0.05, 0) is 17.7 Å². The van der Waals surface area contributed by atoms with Crippen LogP contribution in [0.15, 0.2) is 24.3 Å². The van der Waals surface area contributed by atoms with Crippen LogP contribution in [0, 0.1) is 0 Å². The lowest BCUT2D eigenvalue weighted by Crippen LogP contribution is -2.08. The lowest BCUT2D eigenvalue weighted by molar-refractivity contribution is -0.137. The fourth-order valence-electron chi connectivity index (χ4n) is 1.14. The van der Waals surface area contributed by atoms with Gasteiger partial charge in [0.25, 0.3) is 0 Å². The van der Waals surface area contributed by atoms with E-state index in [1.165, 1.54) is 0 Å². The van der Waals surface area contributed by atoms with Gasteiger partial charge in [-0.25, -0.2) is 8.78 Å². The number of rotatable bonds is 3. The van der Waals surface area contributed by atoms with Crippen molar-refractivity contribution in [2.24, 2.45) is 0 Å². The normalized spacial score (nSPS) is 13.9.